The monoisotopic (exact) mass is 228 g/mol. The van der Waals surface area contributed by atoms with Gasteiger partial charge in [0.05, 0.1) is 6.04 Å². The van der Waals surface area contributed by atoms with Gasteiger partial charge in [-0.15, -0.1) is 0 Å². The molecule has 0 bridgehead atoms. The molecule has 1 saturated heterocycles. The van der Waals surface area contributed by atoms with Crippen molar-refractivity contribution in [1.82, 2.24) is 5.32 Å². The number of fused-ring (bicyclic) bond motifs is 3. The summed E-state index contributed by atoms with van der Waals surface area (Å²) in [6, 6.07) is 8.53. The normalized spacial score (nSPS) is 34.4. The largest absolute Gasteiger partial charge is 0.365 e. The highest BCUT2D eigenvalue weighted by Gasteiger charge is 2.46. The summed E-state index contributed by atoms with van der Waals surface area (Å²) in [5.41, 5.74) is 4.57. The topological polar surface area (TPSA) is 15.3 Å². The molecule has 4 rings (SSSR count). The van der Waals surface area contributed by atoms with E-state index in [2.05, 4.69) is 35.3 Å². The molecule has 0 spiro atoms. The molecule has 3 aliphatic rings. The van der Waals surface area contributed by atoms with E-state index in [1.54, 1.807) is 5.56 Å². The smallest absolute Gasteiger partial charge is 0.0513 e. The Hall–Kier alpha value is -1.02. The molecule has 1 saturated carbocycles. The average molecular weight is 228 g/mol. The fourth-order valence-electron chi connectivity index (χ4n) is 4.21. The molecule has 2 heteroatoms. The fourth-order valence-corrected chi connectivity index (χ4v) is 4.21. The second kappa shape index (κ2) is 3.49. The van der Waals surface area contributed by atoms with Gasteiger partial charge < -0.3 is 10.2 Å². The minimum atomic E-state index is 0.732. The number of aryl methyl sites for hydroxylation is 1. The van der Waals surface area contributed by atoms with Crippen molar-refractivity contribution in [2.45, 2.75) is 44.2 Å². The molecule has 2 nitrogen and oxygen atoms in total. The van der Waals surface area contributed by atoms with Crippen LogP contribution in [0, 0.1) is 6.92 Å². The summed E-state index contributed by atoms with van der Waals surface area (Å²) >= 11 is 0. The van der Waals surface area contributed by atoms with Crippen molar-refractivity contribution in [3.63, 3.8) is 0 Å². The van der Waals surface area contributed by atoms with Crippen LogP contribution in [-0.2, 0) is 0 Å². The lowest BCUT2D eigenvalue weighted by Gasteiger charge is -2.44. The zero-order chi connectivity index (χ0) is 11.4. The summed E-state index contributed by atoms with van der Waals surface area (Å²) in [5, 5.41) is 3.73. The van der Waals surface area contributed by atoms with E-state index < -0.39 is 0 Å². The lowest BCUT2D eigenvalue weighted by molar-refractivity contribution is 0.270. The van der Waals surface area contributed by atoms with E-state index in [0.29, 0.717) is 0 Å². The van der Waals surface area contributed by atoms with Crippen LogP contribution in [0.4, 0.5) is 5.69 Å². The Balaban J connectivity index is 1.85. The Morgan fingerprint density at radius 2 is 2.24 bits per heavy atom. The summed E-state index contributed by atoms with van der Waals surface area (Å²) in [6.07, 6.45) is 4.14. The minimum Gasteiger partial charge on any atom is -0.365 e. The Kier molecular flexibility index (Phi) is 2.04. The Labute approximate surface area is 103 Å². The summed E-state index contributed by atoms with van der Waals surface area (Å²) < 4.78 is 0. The van der Waals surface area contributed by atoms with Gasteiger partial charge in [-0.1, -0.05) is 24.1 Å². The van der Waals surface area contributed by atoms with Gasteiger partial charge in [0.2, 0.25) is 0 Å². The van der Waals surface area contributed by atoms with Gasteiger partial charge in [0, 0.05) is 30.7 Å². The van der Waals surface area contributed by atoms with Gasteiger partial charge in [0.15, 0.2) is 0 Å². The summed E-state index contributed by atoms with van der Waals surface area (Å²) in [7, 11) is 0. The van der Waals surface area contributed by atoms with Crippen LogP contribution in [0.3, 0.4) is 0 Å². The third kappa shape index (κ3) is 1.30. The summed E-state index contributed by atoms with van der Waals surface area (Å²) in [4.78, 5) is 2.68. The van der Waals surface area contributed by atoms with Gasteiger partial charge in [-0.2, -0.15) is 0 Å². The van der Waals surface area contributed by atoms with Crippen molar-refractivity contribution < 1.29 is 0 Å². The van der Waals surface area contributed by atoms with E-state index in [4.69, 9.17) is 0 Å². The van der Waals surface area contributed by atoms with Gasteiger partial charge in [-0.05, 0) is 31.4 Å². The van der Waals surface area contributed by atoms with Crippen LogP contribution in [0.2, 0.25) is 0 Å². The molecule has 0 unspecified atom stereocenters. The van der Waals surface area contributed by atoms with Gasteiger partial charge in [0.1, 0.15) is 0 Å². The van der Waals surface area contributed by atoms with Crippen LogP contribution in [0.15, 0.2) is 18.2 Å². The third-order valence-electron chi connectivity index (χ3n) is 4.87. The highest BCUT2D eigenvalue weighted by atomic mass is 15.3. The quantitative estimate of drug-likeness (QED) is 0.733. The van der Waals surface area contributed by atoms with E-state index in [1.165, 1.54) is 37.1 Å². The molecule has 1 aromatic rings. The molecule has 2 fully saturated rings. The number of rotatable bonds is 0. The van der Waals surface area contributed by atoms with Crippen LogP contribution in [0.25, 0.3) is 0 Å². The highest BCUT2D eigenvalue weighted by Crippen LogP contribution is 2.48. The number of hydrogen-bond acceptors (Lipinski definition) is 2. The molecule has 0 amide bonds. The standard InChI is InChI=1S/C15H20N2/c1-10-5-6-14-12(9-10)11-3-2-4-13-15(11)17(14)8-7-16-13/h5-6,9,11,13,15-16H,2-4,7-8H2,1H3/t11-,13+,15-/m1/s1. The van der Waals surface area contributed by atoms with Crippen molar-refractivity contribution >= 4 is 5.69 Å². The van der Waals surface area contributed by atoms with Crippen molar-refractivity contribution in [1.29, 1.82) is 0 Å². The van der Waals surface area contributed by atoms with Crippen LogP contribution in [-0.4, -0.2) is 25.2 Å². The molecule has 0 radical (unpaired) electrons. The maximum absolute atomic E-state index is 3.73. The predicted molar refractivity (Wildman–Crippen MR) is 70.7 cm³/mol. The van der Waals surface area contributed by atoms with Gasteiger partial charge >= 0.3 is 0 Å². The SMILES string of the molecule is Cc1ccc2c(c1)[C@H]1CCC[C@@H]3NCCN2[C@@H]31. The number of benzene rings is 1. The Bertz CT molecular complexity index is 452. The minimum absolute atomic E-state index is 0.732. The van der Waals surface area contributed by atoms with Crippen LogP contribution in [0.5, 0.6) is 0 Å². The maximum Gasteiger partial charge on any atom is 0.0513 e. The Morgan fingerprint density at radius 3 is 3.18 bits per heavy atom. The lowest BCUT2D eigenvalue weighted by atomic mass is 9.78. The molecule has 1 aliphatic carbocycles. The van der Waals surface area contributed by atoms with E-state index in [1.807, 2.05) is 0 Å². The van der Waals surface area contributed by atoms with E-state index in [0.717, 1.165) is 24.5 Å². The van der Waals surface area contributed by atoms with E-state index in [9.17, 15) is 0 Å². The molecule has 1 N–H and O–H groups in total. The molecule has 90 valence electrons. The molecule has 3 atom stereocenters. The fraction of sp³-hybridized carbons (Fsp3) is 0.600. The van der Waals surface area contributed by atoms with Crippen molar-refractivity contribution in [2.24, 2.45) is 0 Å². The summed E-state index contributed by atoms with van der Waals surface area (Å²) in [6.45, 7) is 4.56. The second-order valence-electron chi connectivity index (χ2n) is 5.84. The van der Waals surface area contributed by atoms with E-state index in [-0.39, 0.29) is 0 Å². The lowest BCUT2D eigenvalue weighted by Crippen LogP contribution is -2.59. The first-order chi connectivity index (χ1) is 8.34. The maximum atomic E-state index is 3.73. The average Bonchev–Trinajstić information content (AvgIpc) is 2.67. The number of nitrogens with zero attached hydrogens (tertiary/aromatic N) is 1. The van der Waals surface area contributed by atoms with Crippen molar-refractivity contribution in [3.8, 4) is 0 Å². The number of nitrogens with one attached hydrogen (secondary N) is 1. The van der Waals surface area contributed by atoms with Crippen molar-refractivity contribution in [3.05, 3.63) is 29.3 Å². The molecule has 17 heavy (non-hydrogen) atoms. The second-order valence-corrected chi connectivity index (χ2v) is 5.84. The van der Waals surface area contributed by atoms with Crippen molar-refractivity contribution in [2.75, 3.05) is 18.0 Å². The first-order valence-corrected chi connectivity index (χ1v) is 6.95. The molecule has 0 aromatic heterocycles. The first-order valence-electron chi connectivity index (χ1n) is 6.95. The van der Waals surface area contributed by atoms with Gasteiger partial charge in [0.25, 0.3) is 0 Å². The third-order valence-corrected chi connectivity index (χ3v) is 4.87. The molecule has 2 aliphatic heterocycles. The number of anilines is 1. The summed E-state index contributed by atoms with van der Waals surface area (Å²) in [5.74, 6) is 0.788. The number of hydrogen-bond donors (Lipinski definition) is 1. The van der Waals surface area contributed by atoms with Gasteiger partial charge in [-0.25, -0.2) is 0 Å². The molecular formula is C15H20N2. The highest BCUT2D eigenvalue weighted by molar-refractivity contribution is 5.64. The molecule has 1 aromatic carbocycles. The number of piperazine rings is 1. The molecule has 2 heterocycles. The van der Waals surface area contributed by atoms with Gasteiger partial charge in [-0.3, -0.25) is 0 Å². The molecular weight excluding hydrogens is 208 g/mol. The Morgan fingerprint density at radius 1 is 1.29 bits per heavy atom. The first kappa shape index (κ1) is 9.95. The van der Waals surface area contributed by atoms with Crippen LogP contribution in [0.1, 0.15) is 36.3 Å². The predicted octanol–water partition coefficient (Wildman–Crippen LogP) is 2.42. The zero-order valence-corrected chi connectivity index (χ0v) is 10.4. The zero-order valence-electron chi connectivity index (χ0n) is 10.4. The van der Waals surface area contributed by atoms with Crippen LogP contribution < -0.4 is 10.2 Å². The van der Waals surface area contributed by atoms with E-state index >= 15 is 0 Å². The van der Waals surface area contributed by atoms with Crippen LogP contribution >= 0.6 is 0 Å².